The molecule has 0 aromatic carbocycles. The van der Waals surface area contributed by atoms with Crippen molar-refractivity contribution in [2.75, 3.05) is 7.11 Å². The first-order valence-corrected chi connectivity index (χ1v) is 6.86. The Labute approximate surface area is 110 Å². The van der Waals surface area contributed by atoms with Gasteiger partial charge in [-0.2, -0.15) is 9.82 Å². The summed E-state index contributed by atoms with van der Waals surface area (Å²) in [5, 5.41) is 3.88. The molecule has 0 fully saturated rings. The van der Waals surface area contributed by atoms with Crippen LogP contribution in [0, 0.1) is 6.92 Å². The lowest BCUT2D eigenvalue weighted by Gasteiger charge is -2.11. The van der Waals surface area contributed by atoms with Crippen molar-refractivity contribution in [3.8, 4) is 0 Å². The number of nitrogens with zero attached hydrogens (tertiary/aromatic N) is 2. The number of methoxy groups -OCH3 is 1. The number of carbonyl (C=O) groups is 1. The van der Waals surface area contributed by atoms with E-state index in [-0.39, 0.29) is 15.7 Å². The van der Waals surface area contributed by atoms with Crippen LogP contribution in [0.15, 0.2) is 4.90 Å². The minimum Gasteiger partial charge on any atom is -0.468 e. The van der Waals surface area contributed by atoms with E-state index in [2.05, 4.69) is 14.6 Å². The summed E-state index contributed by atoms with van der Waals surface area (Å²) in [6.07, 6.45) is 0. The zero-order valence-corrected chi connectivity index (χ0v) is 12.0. The van der Waals surface area contributed by atoms with Crippen LogP contribution in [0.2, 0.25) is 5.15 Å². The van der Waals surface area contributed by atoms with Crippen LogP contribution in [0.25, 0.3) is 0 Å². The van der Waals surface area contributed by atoms with E-state index in [4.69, 9.17) is 11.6 Å². The third-order valence-electron chi connectivity index (χ3n) is 2.26. The van der Waals surface area contributed by atoms with Gasteiger partial charge in [-0.1, -0.05) is 11.6 Å². The highest BCUT2D eigenvalue weighted by atomic mass is 35.5. The van der Waals surface area contributed by atoms with Crippen LogP contribution >= 0.6 is 11.6 Å². The summed E-state index contributed by atoms with van der Waals surface area (Å²) in [4.78, 5) is 11.1. The first-order valence-electron chi connectivity index (χ1n) is 5.00. The van der Waals surface area contributed by atoms with Crippen LogP contribution < -0.4 is 4.72 Å². The van der Waals surface area contributed by atoms with Gasteiger partial charge >= 0.3 is 5.97 Å². The topological polar surface area (TPSA) is 90.3 Å². The highest BCUT2D eigenvalue weighted by molar-refractivity contribution is 7.89. The minimum atomic E-state index is -3.92. The molecule has 0 aliphatic rings. The molecule has 1 aromatic heterocycles. The smallest absolute Gasteiger partial charge is 0.323 e. The molecule has 18 heavy (non-hydrogen) atoms. The van der Waals surface area contributed by atoms with Crippen molar-refractivity contribution in [3.63, 3.8) is 0 Å². The fourth-order valence-electron chi connectivity index (χ4n) is 1.43. The van der Waals surface area contributed by atoms with Gasteiger partial charge in [0, 0.05) is 7.05 Å². The van der Waals surface area contributed by atoms with Gasteiger partial charge in [-0.25, -0.2) is 8.42 Å². The molecule has 0 unspecified atom stereocenters. The monoisotopic (exact) mass is 295 g/mol. The number of aromatic nitrogens is 2. The number of sulfonamides is 1. The highest BCUT2D eigenvalue weighted by Crippen LogP contribution is 2.24. The number of carbonyl (C=O) groups excluding carboxylic acids is 1. The van der Waals surface area contributed by atoms with Crippen LogP contribution in [-0.2, 0) is 26.6 Å². The largest absolute Gasteiger partial charge is 0.468 e. The quantitative estimate of drug-likeness (QED) is 0.803. The van der Waals surface area contributed by atoms with E-state index in [9.17, 15) is 13.2 Å². The van der Waals surface area contributed by atoms with Gasteiger partial charge in [0.2, 0.25) is 10.0 Å². The number of esters is 1. The number of ether oxygens (including phenoxy) is 1. The van der Waals surface area contributed by atoms with E-state index in [1.807, 2.05) is 0 Å². The molecule has 102 valence electrons. The second-order valence-electron chi connectivity index (χ2n) is 3.70. The molecule has 9 heteroatoms. The zero-order chi connectivity index (χ0) is 14.1. The maximum Gasteiger partial charge on any atom is 0.323 e. The van der Waals surface area contributed by atoms with E-state index in [1.54, 1.807) is 0 Å². The molecule has 0 bridgehead atoms. The SMILES string of the molecule is COC(=O)[C@H](C)NS(=O)(=O)c1c(C)nn(C)c1Cl. The molecule has 0 radical (unpaired) electrons. The summed E-state index contributed by atoms with van der Waals surface area (Å²) < 4.78 is 32.0. The Balaban J connectivity index is 3.11. The molecule has 1 heterocycles. The number of nitrogens with one attached hydrogen (secondary N) is 1. The van der Waals surface area contributed by atoms with Crippen molar-refractivity contribution in [2.24, 2.45) is 7.05 Å². The maximum atomic E-state index is 12.1. The van der Waals surface area contributed by atoms with Crippen LogP contribution in [0.4, 0.5) is 0 Å². The van der Waals surface area contributed by atoms with Crippen molar-refractivity contribution in [3.05, 3.63) is 10.8 Å². The molecule has 0 amide bonds. The minimum absolute atomic E-state index is 0.0166. The standard InChI is InChI=1S/C9H14ClN3O4S/c1-5-7(8(10)13(3)11-5)18(15,16)12-6(2)9(14)17-4/h6,12H,1-4H3/t6-/m0/s1. The van der Waals surface area contributed by atoms with Gasteiger partial charge in [0.1, 0.15) is 16.1 Å². The second-order valence-corrected chi connectivity index (χ2v) is 5.70. The van der Waals surface area contributed by atoms with Gasteiger partial charge in [0.15, 0.2) is 0 Å². The Morgan fingerprint density at radius 2 is 2.11 bits per heavy atom. The van der Waals surface area contributed by atoms with Crippen LogP contribution in [0.3, 0.4) is 0 Å². The molecular formula is C9H14ClN3O4S. The lowest BCUT2D eigenvalue weighted by Crippen LogP contribution is -2.39. The predicted molar refractivity (Wildman–Crippen MR) is 64.8 cm³/mol. The van der Waals surface area contributed by atoms with Gasteiger partial charge in [-0.15, -0.1) is 0 Å². The summed E-state index contributed by atoms with van der Waals surface area (Å²) in [6.45, 7) is 2.90. The number of hydrogen-bond donors (Lipinski definition) is 1. The molecule has 7 nitrogen and oxygen atoms in total. The molecule has 1 aromatic rings. The number of rotatable bonds is 4. The molecule has 0 aliphatic carbocycles. The van der Waals surface area contributed by atoms with Gasteiger partial charge in [-0.05, 0) is 13.8 Å². The first kappa shape index (κ1) is 14.9. The number of aryl methyl sites for hydroxylation is 2. The Morgan fingerprint density at radius 3 is 2.50 bits per heavy atom. The van der Waals surface area contributed by atoms with Gasteiger partial charge in [0.25, 0.3) is 0 Å². The Hall–Kier alpha value is -1.12. The van der Waals surface area contributed by atoms with Gasteiger partial charge in [-0.3, -0.25) is 9.48 Å². The molecule has 0 saturated heterocycles. The maximum absolute atomic E-state index is 12.1. The van der Waals surface area contributed by atoms with Crippen molar-refractivity contribution >= 4 is 27.6 Å². The first-order chi connectivity index (χ1) is 8.20. The molecule has 0 spiro atoms. The summed E-state index contributed by atoms with van der Waals surface area (Å²) in [5.74, 6) is -0.684. The number of hydrogen-bond acceptors (Lipinski definition) is 5. The van der Waals surface area contributed by atoms with Crippen molar-refractivity contribution < 1.29 is 17.9 Å². The Morgan fingerprint density at radius 1 is 1.56 bits per heavy atom. The van der Waals surface area contributed by atoms with E-state index in [1.165, 1.54) is 32.7 Å². The third-order valence-corrected chi connectivity index (χ3v) is 4.49. The third kappa shape index (κ3) is 2.82. The van der Waals surface area contributed by atoms with Crippen molar-refractivity contribution in [1.82, 2.24) is 14.5 Å². The van der Waals surface area contributed by atoms with Crippen molar-refractivity contribution in [1.29, 1.82) is 0 Å². The highest BCUT2D eigenvalue weighted by Gasteiger charge is 2.28. The summed E-state index contributed by atoms with van der Waals surface area (Å²) in [6, 6.07) is -1.00. The van der Waals surface area contributed by atoms with Gasteiger partial charge < -0.3 is 4.74 Å². The fourth-order valence-corrected chi connectivity index (χ4v) is 3.37. The second kappa shape index (κ2) is 5.25. The van der Waals surface area contributed by atoms with Crippen molar-refractivity contribution in [2.45, 2.75) is 24.8 Å². The Bertz CT molecular complexity index is 567. The van der Waals surface area contributed by atoms with E-state index < -0.39 is 22.0 Å². The summed E-state index contributed by atoms with van der Waals surface area (Å²) >= 11 is 5.86. The van der Waals surface area contributed by atoms with E-state index in [0.29, 0.717) is 0 Å². The fraction of sp³-hybridized carbons (Fsp3) is 0.556. The average molecular weight is 296 g/mol. The zero-order valence-electron chi connectivity index (χ0n) is 10.4. The number of halogens is 1. The van der Waals surface area contributed by atoms with Crippen LogP contribution in [0.1, 0.15) is 12.6 Å². The molecule has 0 aliphatic heterocycles. The van der Waals surface area contributed by atoms with E-state index >= 15 is 0 Å². The molecule has 1 atom stereocenters. The summed E-state index contributed by atoms with van der Waals surface area (Å²) in [7, 11) is -1.22. The predicted octanol–water partition coefficient (Wildman–Crippen LogP) is 0.222. The van der Waals surface area contributed by atoms with Crippen LogP contribution in [-0.4, -0.2) is 37.3 Å². The molecule has 0 saturated carbocycles. The lowest BCUT2D eigenvalue weighted by atomic mass is 10.4. The summed E-state index contributed by atoms with van der Waals surface area (Å²) in [5.41, 5.74) is 0.257. The Kier molecular flexibility index (Phi) is 4.36. The molecule has 1 rings (SSSR count). The molecule has 1 N–H and O–H groups in total. The lowest BCUT2D eigenvalue weighted by molar-refractivity contribution is -0.142. The van der Waals surface area contributed by atoms with E-state index in [0.717, 1.165) is 0 Å². The molecular weight excluding hydrogens is 282 g/mol. The van der Waals surface area contributed by atoms with Gasteiger partial charge in [0.05, 0.1) is 12.8 Å². The normalized spacial score (nSPS) is 13.4. The van der Waals surface area contributed by atoms with Crippen LogP contribution in [0.5, 0.6) is 0 Å². The average Bonchev–Trinajstić information content (AvgIpc) is 2.51.